The molecule has 86 valence electrons. The van der Waals surface area contributed by atoms with Gasteiger partial charge in [-0.3, -0.25) is 0 Å². The van der Waals surface area contributed by atoms with E-state index in [0.717, 1.165) is 24.3 Å². The van der Waals surface area contributed by atoms with E-state index in [4.69, 9.17) is 5.73 Å². The summed E-state index contributed by atoms with van der Waals surface area (Å²) in [7, 11) is 0. The van der Waals surface area contributed by atoms with Crippen molar-refractivity contribution in [2.75, 3.05) is 6.54 Å². The lowest BCUT2D eigenvalue weighted by Gasteiger charge is -2.09. The number of nitrogens with two attached hydrogens (primary N) is 1. The van der Waals surface area contributed by atoms with E-state index in [9.17, 15) is 17.6 Å². The summed E-state index contributed by atoms with van der Waals surface area (Å²) in [4.78, 5) is 0. The van der Waals surface area contributed by atoms with Crippen LogP contribution in [0, 0.1) is 0 Å². The van der Waals surface area contributed by atoms with Crippen molar-refractivity contribution in [3.63, 3.8) is 0 Å². The molecule has 1 unspecified atom stereocenters. The predicted octanol–water partition coefficient (Wildman–Crippen LogP) is 3.10. The standard InChI is InChI=1S/C9H9F4N.ClH/c10-8(5-14)6-1-3-7(4-2-6)9(11,12)13;/h1-4,8H,5,14H2;1H. The van der Waals surface area contributed by atoms with E-state index in [1.807, 2.05) is 0 Å². The molecule has 0 aromatic heterocycles. The van der Waals surface area contributed by atoms with Crippen molar-refractivity contribution >= 4 is 12.4 Å². The number of rotatable bonds is 2. The molecule has 1 rings (SSSR count). The van der Waals surface area contributed by atoms with E-state index < -0.39 is 17.9 Å². The van der Waals surface area contributed by atoms with Gasteiger partial charge in [-0.15, -0.1) is 12.4 Å². The summed E-state index contributed by atoms with van der Waals surface area (Å²) in [6.07, 6.45) is -5.79. The lowest BCUT2D eigenvalue weighted by molar-refractivity contribution is -0.137. The van der Waals surface area contributed by atoms with E-state index in [0.29, 0.717) is 0 Å². The molecule has 1 aromatic rings. The first-order valence-electron chi connectivity index (χ1n) is 3.96. The van der Waals surface area contributed by atoms with Crippen LogP contribution in [0.25, 0.3) is 0 Å². The van der Waals surface area contributed by atoms with Gasteiger partial charge in [-0.1, -0.05) is 12.1 Å². The predicted molar refractivity (Wildman–Crippen MR) is 51.6 cm³/mol. The van der Waals surface area contributed by atoms with E-state index >= 15 is 0 Å². The molecule has 0 amide bonds. The van der Waals surface area contributed by atoms with E-state index in [1.165, 1.54) is 0 Å². The average Bonchev–Trinajstić information content (AvgIpc) is 2.15. The van der Waals surface area contributed by atoms with Gasteiger partial charge in [-0.25, -0.2) is 4.39 Å². The topological polar surface area (TPSA) is 26.0 Å². The van der Waals surface area contributed by atoms with Gasteiger partial charge in [0.25, 0.3) is 0 Å². The number of benzene rings is 1. The smallest absolute Gasteiger partial charge is 0.327 e. The molecular formula is C9H10ClF4N. The maximum atomic E-state index is 12.9. The van der Waals surface area contributed by atoms with Crippen LogP contribution in [-0.4, -0.2) is 6.54 Å². The summed E-state index contributed by atoms with van der Waals surface area (Å²) < 4.78 is 49.1. The third-order valence-corrected chi connectivity index (χ3v) is 1.81. The van der Waals surface area contributed by atoms with Crippen LogP contribution in [0.15, 0.2) is 24.3 Å². The maximum absolute atomic E-state index is 12.9. The lowest BCUT2D eigenvalue weighted by Crippen LogP contribution is -2.09. The molecule has 0 saturated carbocycles. The monoisotopic (exact) mass is 243 g/mol. The van der Waals surface area contributed by atoms with Crippen LogP contribution in [-0.2, 0) is 6.18 Å². The molecule has 0 radical (unpaired) electrons. The fourth-order valence-electron chi connectivity index (χ4n) is 1.02. The molecule has 0 bridgehead atoms. The van der Waals surface area contributed by atoms with Crippen molar-refractivity contribution < 1.29 is 17.6 Å². The fourth-order valence-corrected chi connectivity index (χ4v) is 1.02. The van der Waals surface area contributed by atoms with E-state index in [1.54, 1.807) is 0 Å². The molecule has 1 aromatic carbocycles. The molecule has 6 heteroatoms. The Hall–Kier alpha value is -0.810. The molecular weight excluding hydrogens is 234 g/mol. The van der Waals surface area contributed by atoms with Crippen LogP contribution < -0.4 is 5.73 Å². The van der Waals surface area contributed by atoms with Crippen LogP contribution in [0.3, 0.4) is 0 Å². The molecule has 0 spiro atoms. The minimum atomic E-state index is -4.38. The number of halogens is 5. The van der Waals surface area contributed by atoms with Gasteiger partial charge in [0, 0.05) is 6.54 Å². The second kappa shape index (κ2) is 5.32. The third kappa shape index (κ3) is 3.68. The molecule has 2 N–H and O–H groups in total. The molecule has 15 heavy (non-hydrogen) atoms. The molecule has 0 fully saturated rings. The quantitative estimate of drug-likeness (QED) is 0.794. The molecule has 0 aliphatic carbocycles. The Bertz CT molecular complexity index is 296. The van der Waals surface area contributed by atoms with Gasteiger partial charge >= 0.3 is 6.18 Å². The van der Waals surface area contributed by atoms with Crippen molar-refractivity contribution in [2.24, 2.45) is 5.73 Å². The zero-order valence-electron chi connectivity index (χ0n) is 7.59. The normalized spacial score (nSPS) is 13.1. The van der Waals surface area contributed by atoms with Gasteiger partial charge in [0.1, 0.15) is 6.17 Å². The Kier molecular flexibility index (Phi) is 5.03. The Morgan fingerprint density at radius 3 is 1.93 bits per heavy atom. The molecule has 0 saturated heterocycles. The number of hydrogen-bond donors (Lipinski definition) is 1. The third-order valence-electron chi connectivity index (χ3n) is 1.81. The molecule has 0 aliphatic heterocycles. The second-order valence-corrected chi connectivity index (χ2v) is 2.82. The first-order chi connectivity index (χ1) is 6.45. The Morgan fingerprint density at radius 2 is 1.60 bits per heavy atom. The minimum absolute atomic E-state index is 0. The highest BCUT2D eigenvalue weighted by Crippen LogP contribution is 2.30. The van der Waals surface area contributed by atoms with Crippen molar-refractivity contribution in [1.29, 1.82) is 0 Å². The van der Waals surface area contributed by atoms with Crippen LogP contribution in [0.2, 0.25) is 0 Å². The summed E-state index contributed by atoms with van der Waals surface area (Å²) in [5, 5.41) is 0. The molecule has 1 atom stereocenters. The summed E-state index contributed by atoms with van der Waals surface area (Å²) in [6, 6.07) is 3.88. The van der Waals surface area contributed by atoms with E-state index in [2.05, 4.69) is 0 Å². The van der Waals surface area contributed by atoms with Crippen molar-refractivity contribution in [1.82, 2.24) is 0 Å². The highest BCUT2D eigenvalue weighted by Gasteiger charge is 2.30. The van der Waals surface area contributed by atoms with Crippen molar-refractivity contribution in [3.05, 3.63) is 35.4 Å². The maximum Gasteiger partial charge on any atom is 0.416 e. The summed E-state index contributed by atoms with van der Waals surface area (Å²) in [6.45, 7) is -0.231. The van der Waals surface area contributed by atoms with Crippen LogP contribution in [0.5, 0.6) is 0 Å². The van der Waals surface area contributed by atoms with Crippen LogP contribution >= 0.6 is 12.4 Å². The van der Waals surface area contributed by atoms with Crippen molar-refractivity contribution in [3.8, 4) is 0 Å². The van der Waals surface area contributed by atoms with Gasteiger partial charge in [-0.2, -0.15) is 13.2 Å². The number of hydrogen-bond acceptors (Lipinski definition) is 1. The second-order valence-electron chi connectivity index (χ2n) is 2.82. The SMILES string of the molecule is Cl.NCC(F)c1ccc(C(F)(F)F)cc1. The number of alkyl halides is 4. The van der Waals surface area contributed by atoms with Gasteiger partial charge < -0.3 is 5.73 Å². The fraction of sp³-hybridized carbons (Fsp3) is 0.333. The zero-order valence-corrected chi connectivity index (χ0v) is 8.41. The highest BCUT2D eigenvalue weighted by atomic mass is 35.5. The lowest BCUT2D eigenvalue weighted by atomic mass is 10.1. The Balaban J connectivity index is 0.00000196. The van der Waals surface area contributed by atoms with Gasteiger partial charge in [0.05, 0.1) is 5.56 Å². The van der Waals surface area contributed by atoms with Crippen LogP contribution in [0.4, 0.5) is 17.6 Å². The first-order valence-corrected chi connectivity index (χ1v) is 3.96. The highest BCUT2D eigenvalue weighted by molar-refractivity contribution is 5.85. The van der Waals surface area contributed by atoms with Crippen molar-refractivity contribution in [2.45, 2.75) is 12.3 Å². The summed E-state index contributed by atoms with van der Waals surface area (Å²) in [5.74, 6) is 0. The molecule has 0 heterocycles. The molecule has 1 nitrogen and oxygen atoms in total. The van der Waals surface area contributed by atoms with Gasteiger partial charge in [0.2, 0.25) is 0 Å². The largest absolute Gasteiger partial charge is 0.416 e. The Labute approximate surface area is 90.7 Å². The summed E-state index contributed by atoms with van der Waals surface area (Å²) in [5.41, 5.74) is 4.41. The molecule has 0 aliphatic rings. The van der Waals surface area contributed by atoms with Crippen LogP contribution in [0.1, 0.15) is 17.3 Å². The average molecular weight is 244 g/mol. The zero-order chi connectivity index (χ0) is 10.8. The summed E-state index contributed by atoms with van der Waals surface area (Å²) >= 11 is 0. The Morgan fingerprint density at radius 1 is 1.13 bits per heavy atom. The minimum Gasteiger partial charge on any atom is -0.327 e. The first kappa shape index (κ1) is 14.2. The van der Waals surface area contributed by atoms with Gasteiger partial charge in [-0.05, 0) is 17.7 Å². The van der Waals surface area contributed by atoms with Gasteiger partial charge in [0.15, 0.2) is 0 Å². The van der Waals surface area contributed by atoms with E-state index in [-0.39, 0.29) is 24.5 Å².